The molecule has 0 unspecified atom stereocenters. The van der Waals surface area contributed by atoms with Gasteiger partial charge in [-0.1, -0.05) is 36.4 Å². The second-order valence-electron chi connectivity index (χ2n) is 8.55. The summed E-state index contributed by atoms with van der Waals surface area (Å²) in [4.78, 5) is 23.8. The van der Waals surface area contributed by atoms with E-state index in [-0.39, 0.29) is 18.9 Å². The van der Waals surface area contributed by atoms with Gasteiger partial charge in [-0.25, -0.2) is 0 Å². The molecule has 3 aromatic rings. The first-order chi connectivity index (χ1) is 18.0. The molecule has 37 heavy (non-hydrogen) atoms. The van der Waals surface area contributed by atoms with Crippen molar-refractivity contribution in [3.8, 4) is 11.5 Å². The van der Waals surface area contributed by atoms with Gasteiger partial charge in [0, 0.05) is 17.7 Å². The van der Waals surface area contributed by atoms with E-state index in [1.807, 2.05) is 24.3 Å². The van der Waals surface area contributed by atoms with Gasteiger partial charge in [0.25, 0.3) is 5.91 Å². The molecule has 0 aromatic heterocycles. The summed E-state index contributed by atoms with van der Waals surface area (Å²) < 4.78 is 11.1. The highest BCUT2D eigenvalue weighted by molar-refractivity contribution is 6.04. The minimum Gasteiger partial charge on any atom is -0.497 e. The molecular weight excluding hydrogens is 470 g/mol. The third kappa shape index (κ3) is 9.13. The first-order valence-corrected chi connectivity index (χ1v) is 12.3. The van der Waals surface area contributed by atoms with E-state index in [4.69, 9.17) is 14.6 Å². The van der Waals surface area contributed by atoms with Gasteiger partial charge in [0.1, 0.15) is 11.5 Å². The van der Waals surface area contributed by atoms with Crippen molar-refractivity contribution in [1.82, 2.24) is 0 Å². The van der Waals surface area contributed by atoms with E-state index < -0.39 is 5.97 Å². The van der Waals surface area contributed by atoms with Crippen LogP contribution in [0.15, 0.2) is 72.8 Å². The number of allylic oxidation sites excluding steroid dienone is 1. The van der Waals surface area contributed by atoms with Crippen molar-refractivity contribution >= 4 is 23.6 Å². The summed E-state index contributed by atoms with van der Waals surface area (Å²) in [5, 5.41) is 21.3. The molecule has 1 amide bonds. The molecule has 0 atom stereocenters. The number of carbonyl (C=O) groups is 2. The van der Waals surface area contributed by atoms with Crippen LogP contribution in [0, 0.1) is 0 Å². The topological polar surface area (TPSA) is 105 Å². The van der Waals surface area contributed by atoms with Gasteiger partial charge >= 0.3 is 5.97 Å². The van der Waals surface area contributed by atoms with Crippen molar-refractivity contribution in [2.75, 3.05) is 19.0 Å². The molecule has 3 aromatic carbocycles. The average molecular weight is 504 g/mol. The average Bonchev–Trinajstić information content (AvgIpc) is 2.92. The number of amides is 1. The first kappa shape index (κ1) is 27.5. The number of hydrogen-bond acceptors (Lipinski definition) is 5. The summed E-state index contributed by atoms with van der Waals surface area (Å²) in [5.41, 5.74) is 3.47. The van der Waals surface area contributed by atoms with Crippen LogP contribution < -0.4 is 14.8 Å². The number of carbonyl (C=O) groups excluding carboxylic acids is 1. The van der Waals surface area contributed by atoms with Gasteiger partial charge in [0.15, 0.2) is 0 Å². The van der Waals surface area contributed by atoms with Crippen molar-refractivity contribution < 1.29 is 29.3 Å². The smallest absolute Gasteiger partial charge is 0.303 e. The van der Waals surface area contributed by atoms with Crippen LogP contribution in [0.2, 0.25) is 0 Å². The number of aliphatic hydroxyl groups excluding tert-OH is 1. The third-order valence-electron chi connectivity index (χ3n) is 5.75. The van der Waals surface area contributed by atoms with Gasteiger partial charge in [-0.2, -0.15) is 0 Å². The molecule has 0 spiro atoms. The maximum absolute atomic E-state index is 12.6. The molecule has 7 heteroatoms. The number of ether oxygens (including phenoxy) is 2. The fourth-order valence-electron chi connectivity index (χ4n) is 3.73. The minimum absolute atomic E-state index is 0.0392. The molecule has 0 fully saturated rings. The maximum Gasteiger partial charge on any atom is 0.303 e. The molecule has 0 aliphatic carbocycles. The highest BCUT2D eigenvalue weighted by Gasteiger charge is 2.11. The Labute approximate surface area is 217 Å². The summed E-state index contributed by atoms with van der Waals surface area (Å²) in [6, 6.07) is 19.9. The normalized spacial score (nSPS) is 10.9. The zero-order chi connectivity index (χ0) is 26.5. The van der Waals surface area contributed by atoms with Gasteiger partial charge in [-0.3, -0.25) is 9.59 Å². The summed E-state index contributed by atoms with van der Waals surface area (Å²) in [6.45, 7) is 0.363. The predicted molar refractivity (Wildman–Crippen MR) is 144 cm³/mol. The lowest BCUT2D eigenvalue weighted by Crippen LogP contribution is -2.13. The van der Waals surface area contributed by atoms with Crippen LogP contribution >= 0.6 is 0 Å². The van der Waals surface area contributed by atoms with E-state index in [1.54, 1.807) is 49.6 Å². The number of carboxylic acids is 1. The Balaban J connectivity index is 1.53. The largest absolute Gasteiger partial charge is 0.497 e. The quantitative estimate of drug-likeness (QED) is 0.243. The van der Waals surface area contributed by atoms with Crippen LogP contribution in [0.25, 0.3) is 6.08 Å². The van der Waals surface area contributed by atoms with Gasteiger partial charge < -0.3 is 25.0 Å². The van der Waals surface area contributed by atoms with Crippen molar-refractivity contribution in [1.29, 1.82) is 0 Å². The lowest BCUT2D eigenvalue weighted by atomic mass is 10.1. The molecule has 0 saturated carbocycles. The summed E-state index contributed by atoms with van der Waals surface area (Å²) in [6.07, 6.45) is 7.19. The molecule has 0 aliphatic rings. The van der Waals surface area contributed by atoms with E-state index in [0.717, 1.165) is 36.1 Å². The molecule has 3 rings (SSSR count). The highest BCUT2D eigenvalue weighted by Crippen LogP contribution is 2.25. The number of rotatable bonds is 14. The van der Waals surface area contributed by atoms with Gasteiger partial charge in [0.05, 0.1) is 20.3 Å². The predicted octanol–water partition coefficient (Wildman–Crippen LogP) is 5.72. The number of aliphatic hydroxyl groups is 1. The number of benzene rings is 3. The molecule has 0 bridgehead atoms. The highest BCUT2D eigenvalue weighted by atomic mass is 16.5. The monoisotopic (exact) mass is 503 g/mol. The Morgan fingerprint density at radius 1 is 1.00 bits per heavy atom. The first-order valence-electron chi connectivity index (χ1n) is 12.3. The lowest BCUT2D eigenvalue weighted by Gasteiger charge is -2.14. The number of unbranched alkanes of at least 4 members (excludes halogenated alkanes) is 2. The fourth-order valence-corrected chi connectivity index (χ4v) is 3.73. The molecule has 0 heterocycles. The number of hydrogen-bond donors (Lipinski definition) is 3. The molecule has 0 aliphatic heterocycles. The Bertz CT molecular complexity index is 1200. The summed E-state index contributed by atoms with van der Waals surface area (Å²) >= 11 is 0. The van der Waals surface area contributed by atoms with Crippen LogP contribution in [0.4, 0.5) is 5.69 Å². The molecule has 7 nitrogen and oxygen atoms in total. The van der Waals surface area contributed by atoms with E-state index in [9.17, 15) is 14.7 Å². The zero-order valence-corrected chi connectivity index (χ0v) is 21.0. The van der Waals surface area contributed by atoms with Crippen LogP contribution in [0.3, 0.4) is 0 Å². The van der Waals surface area contributed by atoms with Crippen LogP contribution in [-0.4, -0.2) is 35.8 Å². The number of nitrogens with one attached hydrogen (secondary N) is 1. The SMILES string of the molecule is COc1ccc(C=CCCCCOc2ccc(NC(=O)c3cccc(CO)c3)cc2CCC(=O)O)cc1. The van der Waals surface area contributed by atoms with E-state index in [0.29, 0.717) is 35.6 Å². The number of methoxy groups -OCH3 is 1. The van der Waals surface area contributed by atoms with E-state index in [2.05, 4.69) is 17.5 Å². The van der Waals surface area contributed by atoms with Gasteiger partial charge in [0.2, 0.25) is 0 Å². The standard InChI is InChI=1S/C30H33NO6/c1-36-27-14-10-22(11-15-27)7-4-2-3-5-18-37-28-16-13-26(20-24(28)12-17-29(33)34)31-30(35)25-9-6-8-23(19-25)21-32/h4,6-11,13-16,19-20,32H,2-3,5,12,17-18,21H2,1H3,(H,31,35)(H,33,34). The maximum atomic E-state index is 12.6. The van der Waals surface area contributed by atoms with Crippen molar-refractivity contribution in [3.63, 3.8) is 0 Å². The third-order valence-corrected chi connectivity index (χ3v) is 5.75. The minimum atomic E-state index is -0.898. The number of aryl methyl sites for hydroxylation is 1. The molecular formula is C30H33NO6. The van der Waals surface area contributed by atoms with Crippen LogP contribution in [-0.2, 0) is 17.8 Å². The Kier molecular flexibility index (Phi) is 10.7. The Morgan fingerprint density at radius 2 is 1.81 bits per heavy atom. The fraction of sp³-hybridized carbons (Fsp3) is 0.267. The second kappa shape index (κ2) is 14.5. The van der Waals surface area contributed by atoms with Gasteiger partial charge in [-0.15, -0.1) is 0 Å². The molecule has 3 N–H and O–H groups in total. The van der Waals surface area contributed by atoms with Crippen LogP contribution in [0.1, 0.15) is 52.7 Å². The Hall–Kier alpha value is -4.10. The second-order valence-corrected chi connectivity index (χ2v) is 8.55. The van der Waals surface area contributed by atoms with E-state index >= 15 is 0 Å². The molecule has 0 radical (unpaired) electrons. The number of aliphatic carboxylic acids is 1. The van der Waals surface area contributed by atoms with Crippen molar-refractivity contribution in [2.45, 2.75) is 38.7 Å². The number of carboxylic acid groups (broad SMARTS) is 1. The molecule has 194 valence electrons. The summed E-state index contributed by atoms with van der Waals surface area (Å²) in [5.74, 6) is 0.247. The Morgan fingerprint density at radius 3 is 2.54 bits per heavy atom. The lowest BCUT2D eigenvalue weighted by molar-refractivity contribution is -0.136. The van der Waals surface area contributed by atoms with E-state index in [1.165, 1.54) is 0 Å². The van der Waals surface area contributed by atoms with Crippen LogP contribution in [0.5, 0.6) is 11.5 Å². The van der Waals surface area contributed by atoms with Crippen molar-refractivity contribution in [3.05, 3.63) is 95.1 Å². The molecule has 0 saturated heterocycles. The summed E-state index contributed by atoms with van der Waals surface area (Å²) in [7, 11) is 1.65. The number of anilines is 1. The van der Waals surface area contributed by atoms with Gasteiger partial charge in [-0.05, 0) is 84.8 Å². The zero-order valence-electron chi connectivity index (χ0n) is 21.0. The van der Waals surface area contributed by atoms with Crippen molar-refractivity contribution in [2.24, 2.45) is 0 Å².